The fraction of sp³-hybridized carbons (Fsp3) is 0.462. The van der Waals surface area contributed by atoms with Crippen molar-refractivity contribution in [2.45, 2.75) is 32.2 Å². The number of carboxylic acids is 1. The first-order chi connectivity index (χ1) is 8.08. The zero-order valence-electron chi connectivity index (χ0n) is 9.82. The molecule has 1 fully saturated rings. The summed E-state index contributed by atoms with van der Waals surface area (Å²) >= 11 is 5.93. The van der Waals surface area contributed by atoms with Crippen LogP contribution in [0, 0.1) is 6.92 Å². The van der Waals surface area contributed by atoms with E-state index in [4.69, 9.17) is 16.7 Å². The SMILES string of the molecule is Cc1cc(Cl)ccc1N1CCCC1CC(=O)O. The number of hydrogen-bond acceptors (Lipinski definition) is 2. The normalized spacial score (nSPS) is 19.6. The van der Waals surface area contributed by atoms with Gasteiger partial charge in [0.1, 0.15) is 0 Å². The number of benzene rings is 1. The van der Waals surface area contributed by atoms with Gasteiger partial charge in [0.2, 0.25) is 0 Å². The van der Waals surface area contributed by atoms with Crippen molar-refractivity contribution in [1.82, 2.24) is 0 Å². The van der Waals surface area contributed by atoms with Gasteiger partial charge in [-0.1, -0.05) is 11.6 Å². The van der Waals surface area contributed by atoms with Crippen LogP contribution >= 0.6 is 11.6 Å². The Hall–Kier alpha value is -1.22. The molecule has 4 heteroatoms. The lowest BCUT2D eigenvalue weighted by atomic mass is 10.1. The van der Waals surface area contributed by atoms with Gasteiger partial charge in [-0.2, -0.15) is 0 Å². The van der Waals surface area contributed by atoms with Crippen LogP contribution < -0.4 is 4.90 Å². The maximum atomic E-state index is 10.8. The Morgan fingerprint density at radius 2 is 2.35 bits per heavy atom. The molecule has 17 heavy (non-hydrogen) atoms. The lowest BCUT2D eigenvalue weighted by Gasteiger charge is -2.27. The van der Waals surface area contributed by atoms with Crippen LogP contribution in [0.15, 0.2) is 18.2 Å². The maximum Gasteiger partial charge on any atom is 0.305 e. The highest BCUT2D eigenvalue weighted by Crippen LogP contribution is 2.31. The van der Waals surface area contributed by atoms with Crippen LogP contribution in [-0.2, 0) is 4.79 Å². The van der Waals surface area contributed by atoms with Gasteiger partial charge < -0.3 is 10.0 Å². The summed E-state index contributed by atoms with van der Waals surface area (Å²) in [4.78, 5) is 13.0. The molecule has 1 aromatic carbocycles. The third-order valence-corrected chi connectivity index (χ3v) is 3.49. The summed E-state index contributed by atoms with van der Waals surface area (Å²) in [5, 5.41) is 9.63. The molecule has 1 atom stereocenters. The number of carboxylic acid groups (broad SMARTS) is 1. The second-order valence-corrected chi connectivity index (χ2v) is 4.95. The maximum absolute atomic E-state index is 10.8. The highest BCUT2D eigenvalue weighted by molar-refractivity contribution is 6.30. The fourth-order valence-electron chi connectivity index (χ4n) is 2.51. The number of nitrogens with zero attached hydrogens (tertiary/aromatic N) is 1. The van der Waals surface area contributed by atoms with E-state index in [2.05, 4.69) is 4.90 Å². The lowest BCUT2D eigenvalue weighted by Crippen LogP contribution is -2.31. The summed E-state index contributed by atoms with van der Waals surface area (Å²) in [6.45, 7) is 2.94. The molecule has 1 heterocycles. The molecule has 0 radical (unpaired) electrons. The van der Waals surface area contributed by atoms with Gasteiger partial charge in [0.25, 0.3) is 0 Å². The Kier molecular flexibility index (Phi) is 3.57. The number of halogens is 1. The predicted octanol–water partition coefficient (Wildman–Crippen LogP) is 3.09. The first kappa shape index (κ1) is 12.2. The van der Waals surface area contributed by atoms with Gasteiger partial charge >= 0.3 is 5.97 Å². The molecule has 0 spiro atoms. The lowest BCUT2D eigenvalue weighted by molar-refractivity contribution is -0.137. The largest absolute Gasteiger partial charge is 0.481 e. The summed E-state index contributed by atoms with van der Waals surface area (Å²) in [7, 11) is 0. The predicted molar refractivity (Wildman–Crippen MR) is 68.8 cm³/mol. The first-order valence-corrected chi connectivity index (χ1v) is 6.20. The number of rotatable bonds is 3. The average Bonchev–Trinajstić information content (AvgIpc) is 2.65. The smallest absolute Gasteiger partial charge is 0.305 e. The van der Waals surface area contributed by atoms with Crippen molar-refractivity contribution >= 4 is 23.3 Å². The Balaban J connectivity index is 2.23. The van der Waals surface area contributed by atoms with E-state index in [1.165, 1.54) is 0 Å². The zero-order valence-corrected chi connectivity index (χ0v) is 10.6. The molecule has 1 aliphatic rings. The highest BCUT2D eigenvalue weighted by atomic mass is 35.5. The standard InChI is InChI=1S/C13H16ClNO2/c1-9-7-10(14)4-5-12(9)15-6-2-3-11(15)8-13(16)17/h4-5,7,11H,2-3,6,8H2,1H3,(H,16,17). The van der Waals surface area contributed by atoms with Gasteiger partial charge in [-0.25, -0.2) is 0 Å². The van der Waals surface area contributed by atoms with Crippen LogP contribution in [0.5, 0.6) is 0 Å². The Morgan fingerprint density at radius 3 is 3.00 bits per heavy atom. The molecule has 1 saturated heterocycles. The van der Waals surface area contributed by atoms with Crippen molar-refractivity contribution in [2.75, 3.05) is 11.4 Å². The van der Waals surface area contributed by atoms with Crippen molar-refractivity contribution in [3.05, 3.63) is 28.8 Å². The highest BCUT2D eigenvalue weighted by Gasteiger charge is 2.27. The van der Waals surface area contributed by atoms with Gasteiger partial charge in [0.15, 0.2) is 0 Å². The van der Waals surface area contributed by atoms with E-state index >= 15 is 0 Å². The number of carbonyl (C=O) groups is 1. The van der Waals surface area contributed by atoms with E-state index in [0.29, 0.717) is 0 Å². The number of anilines is 1. The van der Waals surface area contributed by atoms with Gasteiger partial charge in [0, 0.05) is 23.3 Å². The molecule has 0 saturated carbocycles. The van der Waals surface area contributed by atoms with E-state index in [1.54, 1.807) is 0 Å². The fourth-order valence-corrected chi connectivity index (χ4v) is 2.73. The zero-order chi connectivity index (χ0) is 12.4. The van der Waals surface area contributed by atoms with E-state index in [9.17, 15) is 4.79 Å². The van der Waals surface area contributed by atoms with E-state index < -0.39 is 5.97 Å². The van der Waals surface area contributed by atoms with Crippen LogP contribution in [0.3, 0.4) is 0 Å². The molecule has 1 aromatic rings. The van der Waals surface area contributed by atoms with Crippen molar-refractivity contribution in [2.24, 2.45) is 0 Å². The van der Waals surface area contributed by atoms with Crippen molar-refractivity contribution < 1.29 is 9.90 Å². The Bertz CT molecular complexity index is 433. The molecule has 1 N–H and O–H groups in total. The van der Waals surface area contributed by atoms with Gasteiger partial charge in [-0.3, -0.25) is 4.79 Å². The number of aliphatic carboxylic acids is 1. The second kappa shape index (κ2) is 4.96. The van der Waals surface area contributed by atoms with Gasteiger partial charge in [0.05, 0.1) is 6.42 Å². The quantitative estimate of drug-likeness (QED) is 0.900. The van der Waals surface area contributed by atoms with Gasteiger partial charge in [-0.05, 0) is 43.5 Å². The third kappa shape index (κ3) is 2.72. The summed E-state index contributed by atoms with van der Waals surface area (Å²) in [5.41, 5.74) is 2.22. The molecule has 1 aliphatic heterocycles. The average molecular weight is 254 g/mol. The molecular formula is C13H16ClNO2. The molecule has 3 nitrogen and oxygen atoms in total. The Labute approximate surface area is 106 Å². The summed E-state index contributed by atoms with van der Waals surface area (Å²) in [6, 6.07) is 5.89. The molecular weight excluding hydrogens is 238 g/mol. The summed E-state index contributed by atoms with van der Waals surface area (Å²) in [6.07, 6.45) is 2.22. The molecule has 1 unspecified atom stereocenters. The van der Waals surface area contributed by atoms with E-state index in [1.807, 2.05) is 25.1 Å². The van der Waals surface area contributed by atoms with E-state index in [-0.39, 0.29) is 12.5 Å². The summed E-state index contributed by atoms with van der Waals surface area (Å²) in [5.74, 6) is -0.728. The first-order valence-electron chi connectivity index (χ1n) is 5.82. The molecule has 0 aromatic heterocycles. The van der Waals surface area contributed by atoms with Crippen molar-refractivity contribution in [3.63, 3.8) is 0 Å². The van der Waals surface area contributed by atoms with Crippen LogP contribution in [-0.4, -0.2) is 23.7 Å². The third-order valence-electron chi connectivity index (χ3n) is 3.26. The Morgan fingerprint density at radius 1 is 1.59 bits per heavy atom. The molecule has 2 rings (SSSR count). The molecule has 92 valence electrons. The van der Waals surface area contributed by atoms with Gasteiger partial charge in [-0.15, -0.1) is 0 Å². The van der Waals surface area contributed by atoms with Crippen LogP contribution in [0.1, 0.15) is 24.8 Å². The van der Waals surface area contributed by atoms with Crippen molar-refractivity contribution in [1.29, 1.82) is 0 Å². The number of aryl methyl sites for hydroxylation is 1. The van der Waals surface area contributed by atoms with Crippen LogP contribution in [0.25, 0.3) is 0 Å². The van der Waals surface area contributed by atoms with Crippen LogP contribution in [0.2, 0.25) is 5.02 Å². The minimum absolute atomic E-state index is 0.118. The second-order valence-electron chi connectivity index (χ2n) is 4.52. The minimum Gasteiger partial charge on any atom is -0.481 e. The number of hydrogen-bond donors (Lipinski definition) is 1. The van der Waals surface area contributed by atoms with Crippen molar-refractivity contribution in [3.8, 4) is 0 Å². The topological polar surface area (TPSA) is 40.5 Å². The monoisotopic (exact) mass is 253 g/mol. The molecule has 0 aliphatic carbocycles. The molecule has 0 bridgehead atoms. The van der Waals surface area contributed by atoms with Crippen LogP contribution in [0.4, 0.5) is 5.69 Å². The summed E-state index contributed by atoms with van der Waals surface area (Å²) < 4.78 is 0. The molecule has 0 amide bonds. The van der Waals surface area contributed by atoms with E-state index in [0.717, 1.165) is 35.7 Å². The minimum atomic E-state index is -0.728.